The highest BCUT2D eigenvalue weighted by atomic mass is 16.3. The maximum Gasteiger partial charge on any atom is 0.0666 e. The lowest BCUT2D eigenvalue weighted by Crippen LogP contribution is -2.29. The predicted molar refractivity (Wildman–Crippen MR) is 48.7 cm³/mol. The van der Waals surface area contributed by atoms with Gasteiger partial charge in [-0.1, -0.05) is 20.3 Å². The minimum absolute atomic E-state index is 0.128. The summed E-state index contributed by atoms with van der Waals surface area (Å²) in [6, 6.07) is 0. The van der Waals surface area contributed by atoms with Gasteiger partial charge in [-0.3, -0.25) is 0 Å². The lowest BCUT2D eigenvalue weighted by Gasteiger charge is -2.19. The molecule has 0 amide bonds. The van der Waals surface area contributed by atoms with E-state index in [9.17, 15) is 5.11 Å². The van der Waals surface area contributed by atoms with E-state index < -0.39 is 0 Å². The molecule has 0 saturated heterocycles. The first-order valence-electron chi connectivity index (χ1n) is 4.57. The molecule has 0 aromatic rings. The smallest absolute Gasteiger partial charge is 0.0666 e. The predicted octanol–water partition coefficient (Wildman–Crippen LogP) is 1.49. The van der Waals surface area contributed by atoms with Crippen LogP contribution >= 0.6 is 0 Å². The Bertz CT molecular complexity index is 75.6. The van der Waals surface area contributed by atoms with E-state index >= 15 is 0 Å². The van der Waals surface area contributed by atoms with Crippen molar-refractivity contribution in [3.05, 3.63) is 0 Å². The fraction of sp³-hybridized carbons (Fsp3) is 1.00. The zero-order chi connectivity index (χ0) is 8.69. The Kier molecular flexibility index (Phi) is 6.57. The quantitative estimate of drug-likeness (QED) is 0.634. The first-order valence-corrected chi connectivity index (χ1v) is 4.57. The minimum atomic E-state index is -0.128. The third kappa shape index (κ3) is 6.32. The average molecular weight is 159 g/mol. The van der Waals surface area contributed by atoms with Crippen LogP contribution < -0.4 is 0 Å². The van der Waals surface area contributed by atoms with Gasteiger partial charge in [0, 0.05) is 6.54 Å². The summed E-state index contributed by atoms with van der Waals surface area (Å²) in [6.45, 7) is 6.16. The summed E-state index contributed by atoms with van der Waals surface area (Å²) in [6.07, 6.45) is 3.03. The van der Waals surface area contributed by atoms with Gasteiger partial charge in [-0.05, 0) is 26.4 Å². The molecule has 68 valence electrons. The number of aliphatic hydroxyl groups is 1. The highest BCUT2D eigenvalue weighted by Gasteiger charge is 2.05. The molecule has 0 heterocycles. The molecule has 1 N–H and O–H groups in total. The highest BCUT2D eigenvalue weighted by molar-refractivity contribution is 4.59. The molecule has 1 unspecified atom stereocenters. The molecule has 0 saturated carbocycles. The molecule has 0 radical (unpaired) electrons. The molecule has 0 aliphatic carbocycles. The Morgan fingerprint density at radius 3 is 2.36 bits per heavy atom. The van der Waals surface area contributed by atoms with Crippen molar-refractivity contribution in [3.63, 3.8) is 0 Å². The number of likely N-dealkylation sites (N-methyl/N-ethyl adjacent to an activating group) is 1. The highest BCUT2D eigenvalue weighted by Crippen LogP contribution is 1.98. The van der Waals surface area contributed by atoms with E-state index in [-0.39, 0.29) is 6.10 Å². The molecule has 0 aliphatic heterocycles. The summed E-state index contributed by atoms with van der Waals surface area (Å²) >= 11 is 0. The van der Waals surface area contributed by atoms with Crippen molar-refractivity contribution in [3.8, 4) is 0 Å². The van der Waals surface area contributed by atoms with Crippen LogP contribution in [0.15, 0.2) is 0 Å². The third-order valence-electron chi connectivity index (χ3n) is 1.75. The van der Waals surface area contributed by atoms with Gasteiger partial charge in [0.15, 0.2) is 0 Å². The molecule has 1 atom stereocenters. The van der Waals surface area contributed by atoms with Crippen LogP contribution in [0.3, 0.4) is 0 Å². The molecule has 0 spiro atoms. The third-order valence-corrected chi connectivity index (χ3v) is 1.75. The monoisotopic (exact) mass is 159 g/mol. The second kappa shape index (κ2) is 6.62. The number of aliphatic hydroxyl groups excluding tert-OH is 1. The summed E-state index contributed by atoms with van der Waals surface area (Å²) in [5.41, 5.74) is 0. The average Bonchev–Trinajstić information content (AvgIpc) is 1.87. The standard InChI is InChI=1S/C9H21NO/c1-4-6-9(11)8-10(3)7-5-2/h9,11H,4-8H2,1-3H3. The van der Waals surface area contributed by atoms with Gasteiger partial charge >= 0.3 is 0 Å². The van der Waals surface area contributed by atoms with Crippen LogP contribution in [0, 0.1) is 0 Å². The molecule has 2 heteroatoms. The number of hydrogen-bond donors (Lipinski definition) is 1. The zero-order valence-electron chi connectivity index (χ0n) is 8.01. The Balaban J connectivity index is 3.32. The molecule has 0 aromatic carbocycles. The van der Waals surface area contributed by atoms with E-state index in [2.05, 4.69) is 25.8 Å². The number of rotatable bonds is 6. The molecule has 2 nitrogen and oxygen atoms in total. The van der Waals surface area contributed by atoms with Crippen molar-refractivity contribution in [2.24, 2.45) is 0 Å². The van der Waals surface area contributed by atoms with Crippen molar-refractivity contribution in [1.82, 2.24) is 4.90 Å². The van der Waals surface area contributed by atoms with Crippen LogP contribution in [0.4, 0.5) is 0 Å². The lowest BCUT2D eigenvalue weighted by atomic mass is 10.2. The summed E-state index contributed by atoms with van der Waals surface area (Å²) in [7, 11) is 2.06. The van der Waals surface area contributed by atoms with Gasteiger partial charge in [-0.15, -0.1) is 0 Å². The van der Waals surface area contributed by atoms with Gasteiger partial charge in [0.05, 0.1) is 6.10 Å². The van der Waals surface area contributed by atoms with Crippen LogP contribution in [0.25, 0.3) is 0 Å². The molecule has 0 bridgehead atoms. The van der Waals surface area contributed by atoms with Crippen molar-refractivity contribution in [1.29, 1.82) is 0 Å². The second-order valence-electron chi connectivity index (χ2n) is 3.20. The second-order valence-corrected chi connectivity index (χ2v) is 3.20. The summed E-state index contributed by atoms with van der Waals surface area (Å²) in [5.74, 6) is 0. The van der Waals surface area contributed by atoms with Crippen LogP contribution in [-0.4, -0.2) is 36.2 Å². The molecule has 0 rings (SSSR count). The Labute approximate surface area is 70.2 Å². The summed E-state index contributed by atoms with van der Waals surface area (Å²) in [5, 5.41) is 9.40. The molecule has 0 fully saturated rings. The van der Waals surface area contributed by atoms with E-state index in [4.69, 9.17) is 0 Å². The molecular formula is C9H21NO. The molecule has 11 heavy (non-hydrogen) atoms. The minimum Gasteiger partial charge on any atom is -0.392 e. The fourth-order valence-corrected chi connectivity index (χ4v) is 1.26. The van der Waals surface area contributed by atoms with Gasteiger partial charge < -0.3 is 10.0 Å². The van der Waals surface area contributed by atoms with Gasteiger partial charge in [-0.2, -0.15) is 0 Å². The zero-order valence-corrected chi connectivity index (χ0v) is 8.01. The Hall–Kier alpha value is -0.0800. The maximum atomic E-state index is 9.40. The van der Waals surface area contributed by atoms with Crippen LogP contribution in [0.1, 0.15) is 33.1 Å². The van der Waals surface area contributed by atoms with Gasteiger partial charge in [0.2, 0.25) is 0 Å². The van der Waals surface area contributed by atoms with E-state index in [0.29, 0.717) is 0 Å². The van der Waals surface area contributed by atoms with Crippen molar-refractivity contribution >= 4 is 0 Å². The Morgan fingerprint density at radius 2 is 1.91 bits per heavy atom. The summed E-state index contributed by atoms with van der Waals surface area (Å²) in [4.78, 5) is 2.18. The van der Waals surface area contributed by atoms with Crippen LogP contribution in [0.5, 0.6) is 0 Å². The lowest BCUT2D eigenvalue weighted by molar-refractivity contribution is 0.117. The number of hydrogen-bond acceptors (Lipinski definition) is 2. The molecule has 0 aliphatic rings. The van der Waals surface area contributed by atoms with E-state index in [1.54, 1.807) is 0 Å². The van der Waals surface area contributed by atoms with Crippen molar-refractivity contribution < 1.29 is 5.11 Å². The van der Waals surface area contributed by atoms with Crippen molar-refractivity contribution in [2.75, 3.05) is 20.1 Å². The normalized spacial score (nSPS) is 13.9. The molecular weight excluding hydrogens is 138 g/mol. The summed E-state index contributed by atoms with van der Waals surface area (Å²) < 4.78 is 0. The van der Waals surface area contributed by atoms with Gasteiger partial charge in [-0.25, -0.2) is 0 Å². The van der Waals surface area contributed by atoms with Gasteiger partial charge in [0.1, 0.15) is 0 Å². The largest absolute Gasteiger partial charge is 0.392 e. The van der Waals surface area contributed by atoms with E-state index in [1.165, 1.54) is 0 Å². The SMILES string of the molecule is CCCC(O)CN(C)CCC. The first-order chi connectivity index (χ1) is 5.20. The van der Waals surface area contributed by atoms with Crippen molar-refractivity contribution in [2.45, 2.75) is 39.2 Å². The molecule has 0 aromatic heterocycles. The first kappa shape index (κ1) is 10.9. The maximum absolute atomic E-state index is 9.40. The topological polar surface area (TPSA) is 23.5 Å². The van der Waals surface area contributed by atoms with Crippen LogP contribution in [0.2, 0.25) is 0 Å². The Morgan fingerprint density at radius 1 is 1.27 bits per heavy atom. The van der Waals surface area contributed by atoms with E-state index in [1.807, 2.05) is 0 Å². The van der Waals surface area contributed by atoms with E-state index in [0.717, 1.165) is 32.4 Å². The van der Waals surface area contributed by atoms with Gasteiger partial charge in [0.25, 0.3) is 0 Å². The number of nitrogens with zero attached hydrogens (tertiary/aromatic N) is 1. The fourth-order valence-electron chi connectivity index (χ4n) is 1.26. The van der Waals surface area contributed by atoms with Crippen LogP contribution in [-0.2, 0) is 0 Å².